The predicted octanol–water partition coefficient (Wildman–Crippen LogP) is 1.85. The van der Waals surface area contributed by atoms with Crippen LogP contribution in [0.15, 0.2) is 53.6 Å². The number of benzene rings is 2. The van der Waals surface area contributed by atoms with Crippen molar-refractivity contribution in [2.45, 2.75) is 23.4 Å². The number of methoxy groups -OCH3 is 1. The molecule has 4 N–H and O–H groups in total. The molecule has 0 saturated carbocycles. The summed E-state index contributed by atoms with van der Waals surface area (Å²) in [6.45, 7) is 0.177. The average molecular weight is 516 g/mol. The van der Waals surface area contributed by atoms with E-state index in [1.165, 1.54) is 49.7 Å². The number of carbonyl (C=O) groups excluding carboxylic acids is 1. The number of rotatable bonds is 7. The molecule has 1 saturated heterocycles. The van der Waals surface area contributed by atoms with Crippen LogP contribution < -0.4 is 20.7 Å². The van der Waals surface area contributed by atoms with E-state index < -0.39 is 21.6 Å². The lowest BCUT2D eigenvalue weighted by atomic mass is 10.1. The monoisotopic (exact) mass is 515 g/mol. The number of carbonyl (C=O) groups is 1. The molecule has 3 aromatic rings. The van der Waals surface area contributed by atoms with Crippen molar-refractivity contribution in [2.24, 2.45) is 5.73 Å². The third kappa shape index (κ3) is 5.15. The van der Waals surface area contributed by atoms with Crippen molar-refractivity contribution < 1.29 is 27.4 Å². The molecular formula is C24H26FN5O5S. The van der Waals surface area contributed by atoms with Gasteiger partial charge in [0.1, 0.15) is 17.3 Å². The SMILES string of the molecule is COc1cccc(F)c1-c1nccc(C(=O)Nc2ccc(S(C)(=O)=O)cc2N2CC(N)CC2CO)n1. The number of sulfone groups is 1. The summed E-state index contributed by atoms with van der Waals surface area (Å²) in [6, 6.07) is 9.39. The van der Waals surface area contributed by atoms with Gasteiger partial charge in [-0.3, -0.25) is 4.79 Å². The minimum absolute atomic E-state index is 0.0182. The number of halogens is 1. The second-order valence-electron chi connectivity index (χ2n) is 8.47. The van der Waals surface area contributed by atoms with Gasteiger partial charge in [0.25, 0.3) is 5.91 Å². The first-order valence-electron chi connectivity index (χ1n) is 11.1. The Balaban J connectivity index is 1.71. The summed E-state index contributed by atoms with van der Waals surface area (Å²) in [5, 5.41) is 12.6. The third-order valence-corrected chi connectivity index (χ3v) is 7.03. The van der Waals surface area contributed by atoms with Crippen LogP contribution in [-0.4, -0.2) is 68.0 Å². The Labute approximate surface area is 207 Å². The van der Waals surface area contributed by atoms with E-state index in [0.29, 0.717) is 24.3 Å². The van der Waals surface area contributed by atoms with Gasteiger partial charge in [0.05, 0.1) is 41.6 Å². The summed E-state index contributed by atoms with van der Waals surface area (Å²) in [4.78, 5) is 23.3. The molecule has 1 amide bonds. The minimum Gasteiger partial charge on any atom is -0.496 e. The Kier molecular flexibility index (Phi) is 7.20. The molecular weight excluding hydrogens is 489 g/mol. The van der Waals surface area contributed by atoms with Gasteiger partial charge < -0.3 is 25.8 Å². The first kappa shape index (κ1) is 25.5. The van der Waals surface area contributed by atoms with E-state index in [4.69, 9.17) is 10.5 Å². The number of nitrogens with two attached hydrogens (primary N) is 1. The van der Waals surface area contributed by atoms with Crippen LogP contribution in [-0.2, 0) is 9.84 Å². The van der Waals surface area contributed by atoms with Gasteiger partial charge in [-0.25, -0.2) is 22.8 Å². The van der Waals surface area contributed by atoms with Crippen LogP contribution in [0, 0.1) is 5.82 Å². The molecule has 1 aliphatic rings. The Bertz CT molecular complexity index is 1400. The second kappa shape index (κ2) is 10.2. The van der Waals surface area contributed by atoms with Gasteiger partial charge in [-0.05, 0) is 42.8 Å². The minimum atomic E-state index is -3.54. The number of aliphatic hydroxyl groups is 1. The number of nitrogens with zero attached hydrogens (tertiary/aromatic N) is 3. The highest BCUT2D eigenvalue weighted by Gasteiger charge is 2.32. The normalized spacial score (nSPS) is 17.8. The summed E-state index contributed by atoms with van der Waals surface area (Å²) < 4.78 is 44.1. The summed E-state index contributed by atoms with van der Waals surface area (Å²) in [5.41, 5.74) is 6.78. The lowest BCUT2D eigenvalue weighted by Gasteiger charge is -2.28. The maximum Gasteiger partial charge on any atom is 0.274 e. The molecule has 10 nitrogen and oxygen atoms in total. The fraction of sp³-hybridized carbons (Fsp3) is 0.292. The van der Waals surface area contributed by atoms with Crippen LogP contribution in [0.4, 0.5) is 15.8 Å². The van der Waals surface area contributed by atoms with Gasteiger partial charge in [-0.2, -0.15) is 0 Å². The van der Waals surface area contributed by atoms with Crippen LogP contribution in [0.3, 0.4) is 0 Å². The van der Waals surface area contributed by atoms with E-state index in [9.17, 15) is 22.7 Å². The van der Waals surface area contributed by atoms with Crippen molar-refractivity contribution in [2.75, 3.05) is 36.7 Å². The molecule has 2 atom stereocenters. The summed E-state index contributed by atoms with van der Waals surface area (Å²) in [6.07, 6.45) is 2.92. The summed E-state index contributed by atoms with van der Waals surface area (Å²) in [7, 11) is -2.15. The van der Waals surface area contributed by atoms with E-state index in [0.717, 1.165) is 6.26 Å². The Morgan fingerprint density at radius 1 is 1.31 bits per heavy atom. The lowest BCUT2D eigenvalue weighted by Crippen LogP contribution is -2.34. The molecule has 36 heavy (non-hydrogen) atoms. The smallest absolute Gasteiger partial charge is 0.274 e. The largest absolute Gasteiger partial charge is 0.496 e. The molecule has 1 fully saturated rings. The Morgan fingerprint density at radius 2 is 2.08 bits per heavy atom. The zero-order valence-electron chi connectivity index (χ0n) is 19.7. The number of anilines is 2. The molecule has 0 radical (unpaired) electrons. The number of hydrogen-bond acceptors (Lipinski definition) is 9. The fourth-order valence-corrected chi connectivity index (χ4v) is 4.83. The number of ether oxygens (including phenoxy) is 1. The second-order valence-corrected chi connectivity index (χ2v) is 10.5. The molecule has 0 spiro atoms. The third-order valence-electron chi connectivity index (χ3n) is 5.92. The molecule has 0 bridgehead atoms. The van der Waals surface area contributed by atoms with Crippen molar-refractivity contribution in [3.63, 3.8) is 0 Å². The average Bonchev–Trinajstić information content (AvgIpc) is 3.23. The van der Waals surface area contributed by atoms with Gasteiger partial charge in [0.15, 0.2) is 15.7 Å². The van der Waals surface area contributed by atoms with Gasteiger partial charge >= 0.3 is 0 Å². The van der Waals surface area contributed by atoms with E-state index in [1.54, 1.807) is 11.0 Å². The molecule has 1 aliphatic heterocycles. The zero-order chi connectivity index (χ0) is 26.0. The van der Waals surface area contributed by atoms with Crippen LogP contribution in [0.25, 0.3) is 11.4 Å². The van der Waals surface area contributed by atoms with Crippen LogP contribution >= 0.6 is 0 Å². The van der Waals surface area contributed by atoms with Crippen molar-refractivity contribution in [3.05, 3.63) is 60.2 Å². The predicted molar refractivity (Wildman–Crippen MR) is 132 cm³/mol. The maximum atomic E-state index is 14.5. The standard InChI is InChI=1S/C24H26FN5O5S/c1-35-21-5-3-4-17(25)22(21)23-27-9-8-19(28-23)24(32)29-18-7-6-16(36(2,33)34)11-20(18)30-12-14(26)10-15(30)13-31/h3-9,11,14-15,31H,10,12-13,26H2,1-2H3,(H,29,32). The van der Waals surface area contributed by atoms with E-state index >= 15 is 0 Å². The van der Waals surface area contributed by atoms with Crippen LogP contribution in [0.2, 0.25) is 0 Å². The first-order valence-corrected chi connectivity index (χ1v) is 13.0. The zero-order valence-corrected chi connectivity index (χ0v) is 20.5. The highest BCUT2D eigenvalue weighted by atomic mass is 32.2. The van der Waals surface area contributed by atoms with Crippen molar-refractivity contribution in [3.8, 4) is 17.1 Å². The Morgan fingerprint density at radius 3 is 2.78 bits per heavy atom. The van der Waals surface area contributed by atoms with Gasteiger partial charge in [0, 0.05) is 25.0 Å². The van der Waals surface area contributed by atoms with Crippen LogP contribution in [0.1, 0.15) is 16.9 Å². The van der Waals surface area contributed by atoms with E-state index in [1.807, 2.05) is 0 Å². The van der Waals surface area contributed by atoms with Gasteiger partial charge in [-0.15, -0.1) is 0 Å². The maximum absolute atomic E-state index is 14.5. The van der Waals surface area contributed by atoms with Gasteiger partial charge in [0.2, 0.25) is 0 Å². The van der Waals surface area contributed by atoms with Gasteiger partial charge in [-0.1, -0.05) is 6.07 Å². The molecule has 2 aromatic carbocycles. The first-order chi connectivity index (χ1) is 17.1. The molecule has 2 unspecified atom stereocenters. The van der Waals surface area contributed by atoms with Crippen LogP contribution in [0.5, 0.6) is 5.75 Å². The number of aliphatic hydroxyl groups excluding tert-OH is 1. The lowest BCUT2D eigenvalue weighted by molar-refractivity contribution is 0.102. The number of amides is 1. The molecule has 2 heterocycles. The number of aromatic nitrogens is 2. The fourth-order valence-electron chi connectivity index (χ4n) is 4.19. The topological polar surface area (TPSA) is 148 Å². The molecule has 1 aromatic heterocycles. The molecule has 12 heteroatoms. The molecule has 0 aliphatic carbocycles. The van der Waals surface area contributed by atoms with Crippen molar-refractivity contribution >= 4 is 27.1 Å². The highest BCUT2D eigenvalue weighted by molar-refractivity contribution is 7.90. The highest BCUT2D eigenvalue weighted by Crippen LogP contribution is 2.35. The number of hydrogen-bond donors (Lipinski definition) is 3. The van der Waals surface area contributed by atoms with E-state index in [-0.39, 0.29) is 46.4 Å². The van der Waals surface area contributed by atoms with Crippen molar-refractivity contribution in [1.29, 1.82) is 0 Å². The molecule has 190 valence electrons. The van der Waals surface area contributed by atoms with Crippen molar-refractivity contribution in [1.82, 2.24) is 9.97 Å². The quantitative estimate of drug-likeness (QED) is 0.429. The Hall–Kier alpha value is -3.61. The summed E-state index contributed by atoms with van der Waals surface area (Å²) in [5.74, 6) is -1.04. The summed E-state index contributed by atoms with van der Waals surface area (Å²) >= 11 is 0. The van der Waals surface area contributed by atoms with E-state index in [2.05, 4.69) is 15.3 Å². The molecule has 4 rings (SSSR count). The number of nitrogens with one attached hydrogen (secondary N) is 1.